The van der Waals surface area contributed by atoms with Gasteiger partial charge in [0, 0.05) is 23.5 Å². The summed E-state index contributed by atoms with van der Waals surface area (Å²) in [7, 11) is 0. The lowest BCUT2D eigenvalue weighted by Gasteiger charge is -2.13. The normalized spacial score (nSPS) is 11.9. The molecular weight excluding hydrogens is 356 g/mol. The Morgan fingerprint density at radius 1 is 1.06 bits per heavy atom. The van der Waals surface area contributed by atoms with Gasteiger partial charge in [0.2, 0.25) is 0 Å². The van der Waals surface area contributed by atoms with Gasteiger partial charge in [-0.05, 0) is 19.8 Å². The molecule has 6 heteroatoms. The second-order valence-electron chi connectivity index (χ2n) is 3.57. The Kier molecular flexibility index (Phi) is 11.0. The second-order valence-corrected chi connectivity index (χ2v) is 5.15. The van der Waals surface area contributed by atoms with Crippen LogP contribution >= 0.6 is 31.9 Å². The average Bonchev–Trinajstić information content (AvgIpc) is 2.31. The van der Waals surface area contributed by atoms with Crippen LogP contribution in [0, 0.1) is 0 Å². The molecule has 100 valence electrons. The van der Waals surface area contributed by atoms with Crippen molar-refractivity contribution < 1.29 is 19.1 Å². The van der Waals surface area contributed by atoms with E-state index in [2.05, 4.69) is 31.9 Å². The molecule has 0 amide bonds. The Labute approximate surface area is 119 Å². The molecule has 0 aromatic heterocycles. The number of hydrogen-bond donors (Lipinski definition) is 0. The lowest BCUT2D eigenvalue weighted by Crippen LogP contribution is -2.22. The lowest BCUT2D eigenvalue weighted by atomic mass is 10.3. The molecule has 1 atom stereocenters. The molecule has 0 saturated carbocycles. The highest BCUT2D eigenvalue weighted by atomic mass is 79.9. The third kappa shape index (κ3) is 10.8. The average molecular weight is 374 g/mol. The maximum Gasteiger partial charge on any atom is 0.306 e. The third-order valence-electron chi connectivity index (χ3n) is 1.84. The number of alkyl halides is 2. The summed E-state index contributed by atoms with van der Waals surface area (Å²) in [5, 5.41) is 1.55. The second kappa shape index (κ2) is 11.0. The van der Waals surface area contributed by atoms with Crippen molar-refractivity contribution in [3.63, 3.8) is 0 Å². The summed E-state index contributed by atoms with van der Waals surface area (Å²) in [6.45, 7) is 1.84. The highest BCUT2D eigenvalue weighted by molar-refractivity contribution is 9.09. The van der Waals surface area contributed by atoms with Crippen molar-refractivity contribution in [2.24, 2.45) is 0 Å². The molecule has 1 unspecified atom stereocenters. The van der Waals surface area contributed by atoms with E-state index >= 15 is 0 Å². The van der Waals surface area contributed by atoms with Crippen molar-refractivity contribution in [2.45, 2.75) is 38.7 Å². The number of hydrogen-bond acceptors (Lipinski definition) is 4. The largest absolute Gasteiger partial charge is 0.462 e. The Bertz CT molecular complexity index is 234. The number of carbonyl (C=O) groups is 2. The van der Waals surface area contributed by atoms with E-state index in [4.69, 9.17) is 9.47 Å². The quantitative estimate of drug-likeness (QED) is 0.460. The first kappa shape index (κ1) is 16.9. The van der Waals surface area contributed by atoms with Crippen molar-refractivity contribution in [1.29, 1.82) is 0 Å². The van der Waals surface area contributed by atoms with Crippen molar-refractivity contribution in [3.8, 4) is 0 Å². The SMILES string of the molecule is CC(COC(=O)CCCBr)OC(=O)CCCBr. The minimum absolute atomic E-state index is 0.126. The summed E-state index contributed by atoms with van der Waals surface area (Å²) >= 11 is 6.47. The molecule has 0 N–H and O–H groups in total. The molecular formula is C11H18Br2O4. The van der Waals surface area contributed by atoms with Crippen molar-refractivity contribution in [1.82, 2.24) is 0 Å². The Balaban J connectivity index is 3.60. The van der Waals surface area contributed by atoms with Crippen LogP contribution in [0.2, 0.25) is 0 Å². The van der Waals surface area contributed by atoms with E-state index in [9.17, 15) is 9.59 Å². The van der Waals surface area contributed by atoms with E-state index in [1.165, 1.54) is 0 Å². The number of esters is 2. The Morgan fingerprint density at radius 3 is 2.12 bits per heavy atom. The van der Waals surface area contributed by atoms with Crippen LogP contribution in [-0.2, 0) is 19.1 Å². The zero-order chi connectivity index (χ0) is 13.1. The fourth-order valence-electron chi connectivity index (χ4n) is 1.02. The number of halogens is 2. The molecule has 0 heterocycles. The first-order chi connectivity index (χ1) is 8.10. The van der Waals surface area contributed by atoms with Gasteiger partial charge in [0.05, 0.1) is 0 Å². The van der Waals surface area contributed by atoms with Gasteiger partial charge in [-0.15, -0.1) is 0 Å². The van der Waals surface area contributed by atoms with Crippen LogP contribution in [0.5, 0.6) is 0 Å². The van der Waals surface area contributed by atoms with Crippen LogP contribution < -0.4 is 0 Å². The predicted octanol–water partition coefficient (Wildman–Crippen LogP) is 2.81. The van der Waals surface area contributed by atoms with E-state index < -0.39 is 0 Å². The highest BCUT2D eigenvalue weighted by Gasteiger charge is 2.11. The Morgan fingerprint density at radius 2 is 1.59 bits per heavy atom. The van der Waals surface area contributed by atoms with E-state index in [1.807, 2.05) is 0 Å². The number of ether oxygens (including phenoxy) is 2. The molecule has 0 bridgehead atoms. The summed E-state index contributed by atoms with van der Waals surface area (Å²) in [6.07, 6.45) is 1.88. The van der Waals surface area contributed by atoms with Crippen molar-refractivity contribution in [3.05, 3.63) is 0 Å². The zero-order valence-electron chi connectivity index (χ0n) is 9.92. The molecule has 0 saturated heterocycles. The molecule has 0 aliphatic heterocycles. The summed E-state index contributed by atoms with van der Waals surface area (Å²) in [5.74, 6) is -0.513. The first-order valence-corrected chi connectivity index (χ1v) is 7.81. The van der Waals surface area contributed by atoms with E-state index in [1.54, 1.807) is 6.92 Å². The molecule has 0 aliphatic rings. The molecule has 0 spiro atoms. The maximum absolute atomic E-state index is 11.2. The summed E-state index contributed by atoms with van der Waals surface area (Å²) in [6, 6.07) is 0. The molecule has 17 heavy (non-hydrogen) atoms. The van der Waals surface area contributed by atoms with Crippen LogP contribution in [0.1, 0.15) is 32.6 Å². The summed E-state index contributed by atoms with van der Waals surface area (Å²) < 4.78 is 10.0. The molecule has 0 aromatic rings. The molecule has 0 rings (SSSR count). The van der Waals surface area contributed by atoms with E-state index in [0.717, 1.165) is 23.5 Å². The van der Waals surface area contributed by atoms with E-state index in [-0.39, 0.29) is 24.6 Å². The van der Waals surface area contributed by atoms with Gasteiger partial charge in [-0.1, -0.05) is 31.9 Å². The first-order valence-electron chi connectivity index (χ1n) is 5.57. The van der Waals surface area contributed by atoms with Gasteiger partial charge < -0.3 is 9.47 Å². The van der Waals surface area contributed by atoms with E-state index in [0.29, 0.717) is 12.8 Å². The minimum atomic E-state index is -0.384. The molecule has 0 fully saturated rings. The van der Waals surface area contributed by atoms with Crippen LogP contribution in [0.3, 0.4) is 0 Å². The molecule has 0 radical (unpaired) electrons. The number of carbonyl (C=O) groups excluding carboxylic acids is 2. The van der Waals surface area contributed by atoms with Crippen LogP contribution in [0.15, 0.2) is 0 Å². The predicted molar refractivity (Wildman–Crippen MR) is 72.6 cm³/mol. The van der Waals surface area contributed by atoms with Crippen molar-refractivity contribution >= 4 is 43.8 Å². The zero-order valence-corrected chi connectivity index (χ0v) is 13.1. The summed E-state index contributed by atoms with van der Waals surface area (Å²) in [4.78, 5) is 22.4. The van der Waals surface area contributed by atoms with Gasteiger partial charge in [-0.25, -0.2) is 0 Å². The van der Waals surface area contributed by atoms with Gasteiger partial charge >= 0.3 is 11.9 Å². The molecule has 0 aromatic carbocycles. The topological polar surface area (TPSA) is 52.6 Å². The van der Waals surface area contributed by atoms with Gasteiger partial charge in [0.15, 0.2) is 0 Å². The molecule has 4 nitrogen and oxygen atoms in total. The fraction of sp³-hybridized carbons (Fsp3) is 0.818. The van der Waals surface area contributed by atoms with Gasteiger partial charge in [0.25, 0.3) is 0 Å². The van der Waals surface area contributed by atoms with Gasteiger partial charge in [-0.2, -0.15) is 0 Å². The third-order valence-corrected chi connectivity index (χ3v) is 2.96. The Hall–Kier alpha value is -0.100. The standard InChI is InChI=1S/C11H18Br2O4/c1-9(17-11(15)5-3-7-13)8-16-10(14)4-2-6-12/h9H,2-8H2,1H3. The fourth-order valence-corrected chi connectivity index (χ4v) is 1.58. The van der Waals surface area contributed by atoms with Crippen LogP contribution in [0.4, 0.5) is 0 Å². The van der Waals surface area contributed by atoms with Gasteiger partial charge in [-0.3, -0.25) is 9.59 Å². The van der Waals surface area contributed by atoms with Crippen LogP contribution in [0.25, 0.3) is 0 Å². The van der Waals surface area contributed by atoms with Crippen molar-refractivity contribution in [2.75, 3.05) is 17.3 Å². The van der Waals surface area contributed by atoms with Crippen LogP contribution in [-0.4, -0.2) is 35.3 Å². The number of rotatable bonds is 9. The maximum atomic E-state index is 11.2. The van der Waals surface area contributed by atoms with Gasteiger partial charge in [0.1, 0.15) is 12.7 Å². The molecule has 0 aliphatic carbocycles. The minimum Gasteiger partial charge on any atom is -0.462 e. The lowest BCUT2D eigenvalue weighted by molar-refractivity contribution is -0.158. The smallest absolute Gasteiger partial charge is 0.306 e. The monoisotopic (exact) mass is 372 g/mol. The highest BCUT2D eigenvalue weighted by Crippen LogP contribution is 2.02. The summed E-state index contributed by atoms with van der Waals surface area (Å²) in [5.41, 5.74) is 0.